The first kappa shape index (κ1) is 24.0. The molecule has 2 aromatic rings. The molecular formula is C21H22ClFN2O6S. The Labute approximate surface area is 190 Å². The summed E-state index contributed by atoms with van der Waals surface area (Å²) in [6, 6.07) is 7.84. The summed E-state index contributed by atoms with van der Waals surface area (Å²) in [4.78, 5) is 24.7. The normalized spacial score (nSPS) is 15.2. The number of sulfonamides is 1. The van der Waals surface area contributed by atoms with Crippen molar-refractivity contribution in [2.75, 3.05) is 32.6 Å². The highest BCUT2D eigenvalue weighted by Crippen LogP contribution is 2.28. The lowest BCUT2D eigenvalue weighted by Crippen LogP contribution is -2.41. The maximum absolute atomic E-state index is 13.4. The molecule has 1 amide bonds. The number of rotatable bonds is 6. The predicted octanol–water partition coefficient (Wildman–Crippen LogP) is 3.31. The fourth-order valence-electron chi connectivity index (χ4n) is 3.42. The maximum Gasteiger partial charge on any atom is 0.340 e. The zero-order valence-corrected chi connectivity index (χ0v) is 19.0. The largest absolute Gasteiger partial charge is 0.497 e. The molecule has 0 unspecified atom stereocenters. The van der Waals surface area contributed by atoms with Gasteiger partial charge in [-0.25, -0.2) is 17.6 Å². The van der Waals surface area contributed by atoms with Crippen LogP contribution in [0.3, 0.4) is 0 Å². The van der Waals surface area contributed by atoms with Gasteiger partial charge in [0, 0.05) is 19.0 Å². The minimum absolute atomic E-state index is 0.104. The van der Waals surface area contributed by atoms with Gasteiger partial charge in [-0.1, -0.05) is 11.6 Å². The van der Waals surface area contributed by atoms with Gasteiger partial charge < -0.3 is 14.8 Å². The zero-order valence-electron chi connectivity index (χ0n) is 17.4. The van der Waals surface area contributed by atoms with Crippen LogP contribution in [-0.4, -0.2) is 51.9 Å². The number of piperidine rings is 1. The van der Waals surface area contributed by atoms with Crippen molar-refractivity contribution < 1.29 is 31.9 Å². The van der Waals surface area contributed by atoms with Gasteiger partial charge in [0.25, 0.3) is 0 Å². The Morgan fingerprint density at radius 1 is 1.12 bits per heavy atom. The third-order valence-corrected chi connectivity index (χ3v) is 7.43. The first-order valence-electron chi connectivity index (χ1n) is 9.69. The average Bonchev–Trinajstić information content (AvgIpc) is 2.80. The Morgan fingerprint density at radius 3 is 2.41 bits per heavy atom. The summed E-state index contributed by atoms with van der Waals surface area (Å²) in [6.45, 7) is 0.226. The lowest BCUT2D eigenvalue weighted by molar-refractivity contribution is -0.120. The minimum atomic E-state index is -3.86. The molecule has 1 saturated heterocycles. The van der Waals surface area contributed by atoms with E-state index in [0.717, 1.165) is 18.2 Å². The molecule has 8 nitrogen and oxygen atoms in total. The van der Waals surface area contributed by atoms with Crippen molar-refractivity contribution in [2.24, 2.45) is 5.92 Å². The van der Waals surface area contributed by atoms with Gasteiger partial charge in [0.15, 0.2) is 0 Å². The van der Waals surface area contributed by atoms with E-state index in [1.165, 1.54) is 24.6 Å². The second kappa shape index (κ2) is 9.85. The van der Waals surface area contributed by atoms with Crippen LogP contribution in [0.5, 0.6) is 5.75 Å². The highest BCUT2D eigenvalue weighted by Gasteiger charge is 2.33. The number of hydrogen-bond acceptors (Lipinski definition) is 6. The highest BCUT2D eigenvalue weighted by molar-refractivity contribution is 7.89. The van der Waals surface area contributed by atoms with E-state index in [0.29, 0.717) is 5.75 Å². The number of esters is 1. The van der Waals surface area contributed by atoms with E-state index in [-0.39, 0.29) is 53.0 Å². The summed E-state index contributed by atoms with van der Waals surface area (Å²) in [7, 11) is -1.17. The number of nitrogens with zero attached hydrogens (tertiary/aromatic N) is 1. The smallest absolute Gasteiger partial charge is 0.340 e. The Hall–Kier alpha value is -2.69. The standard InChI is InChI=1S/C21H22ClFN2O6S/c1-30-14-3-6-19(16(11-14)21(27)31-2)24-20(26)13-7-9-25(10-8-13)32(28,29)15-4-5-18(23)17(22)12-15/h3-6,11-13H,7-10H2,1-2H3,(H,24,26). The van der Waals surface area contributed by atoms with Crippen LogP contribution in [0.15, 0.2) is 41.3 Å². The number of carbonyl (C=O) groups is 2. The number of benzene rings is 2. The first-order chi connectivity index (χ1) is 15.2. The average molecular weight is 485 g/mol. The number of hydrogen-bond donors (Lipinski definition) is 1. The van der Waals surface area contributed by atoms with E-state index < -0.39 is 27.7 Å². The molecular weight excluding hydrogens is 463 g/mol. The lowest BCUT2D eigenvalue weighted by Gasteiger charge is -2.30. The van der Waals surface area contributed by atoms with Gasteiger partial charge in [-0.15, -0.1) is 0 Å². The molecule has 32 heavy (non-hydrogen) atoms. The Balaban J connectivity index is 1.68. The van der Waals surface area contributed by atoms with Crippen molar-refractivity contribution in [3.63, 3.8) is 0 Å². The summed E-state index contributed by atoms with van der Waals surface area (Å²) in [5.74, 6) is -1.68. The fourth-order valence-corrected chi connectivity index (χ4v) is 5.16. The van der Waals surface area contributed by atoms with E-state index in [9.17, 15) is 22.4 Å². The van der Waals surface area contributed by atoms with Crippen LogP contribution in [0.25, 0.3) is 0 Å². The van der Waals surface area contributed by atoms with Crippen molar-refractivity contribution in [1.29, 1.82) is 0 Å². The van der Waals surface area contributed by atoms with Crippen LogP contribution in [-0.2, 0) is 19.6 Å². The quantitative estimate of drug-likeness (QED) is 0.631. The third-order valence-electron chi connectivity index (χ3n) is 5.24. The van der Waals surface area contributed by atoms with Gasteiger partial charge in [-0.3, -0.25) is 4.79 Å². The molecule has 2 aromatic carbocycles. The second-order valence-electron chi connectivity index (χ2n) is 7.15. The first-order valence-corrected chi connectivity index (χ1v) is 11.5. The molecule has 1 N–H and O–H groups in total. The van der Waals surface area contributed by atoms with Crippen LogP contribution in [0.1, 0.15) is 23.2 Å². The van der Waals surface area contributed by atoms with Crippen LogP contribution in [0.4, 0.5) is 10.1 Å². The van der Waals surface area contributed by atoms with Crippen LogP contribution >= 0.6 is 11.6 Å². The topological polar surface area (TPSA) is 102 Å². The van der Waals surface area contributed by atoms with Crippen molar-refractivity contribution in [3.05, 3.63) is 52.8 Å². The number of amides is 1. The molecule has 172 valence electrons. The molecule has 0 atom stereocenters. The molecule has 0 spiro atoms. The Morgan fingerprint density at radius 2 is 1.81 bits per heavy atom. The number of methoxy groups -OCH3 is 2. The van der Waals surface area contributed by atoms with Crippen molar-refractivity contribution in [1.82, 2.24) is 4.31 Å². The third kappa shape index (κ3) is 5.03. The van der Waals surface area contributed by atoms with Gasteiger partial charge in [-0.05, 0) is 49.2 Å². The number of halogens is 2. The van der Waals surface area contributed by atoms with E-state index in [1.807, 2.05) is 0 Å². The van der Waals surface area contributed by atoms with Crippen LogP contribution in [0, 0.1) is 11.7 Å². The number of nitrogens with one attached hydrogen (secondary N) is 1. The molecule has 1 aliphatic heterocycles. The molecule has 1 fully saturated rings. The number of anilines is 1. The molecule has 0 bridgehead atoms. The van der Waals surface area contributed by atoms with Gasteiger partial charge >= 0.3 is 5.97 Å². The molecule has 0 aromatic heterocycles. The van der Waals surface area contributed by atoms with Gasteiger partial charge in [0.05, 0.1) is 35.4 Å². The van der Waals surface area contributed by atoms with E-state index >= 15 is 0 Å². The van der Waals surface area contributed by atoms with Crippen molar-refractivity contribution in [2.45, 2.75) is 17.7 Å². The van der Waals surface area contributed by atoms with Crippen LogP contribution in [0.2, 0.25) is 5.02 Å². The van der Waals surface area contributed by atoms with E-state index in [1.54, 1.807) is 12.1 Å². The summed E-state index contributed by atoms with van der Waals surface area (Å²) in [6.07, 6.45) is 0.563. The fraction of sp³-hybridized carbons (Fsp3) is 0.333. The summed E-state index contributed by atoms with van der Waals surface area (Å²) < 4.78 is 50.1. The minimum Gasteiger partial charge on any atom is -0.497 e. The van der Waals surface area contributed by atoms with E-state index in [4.69, 9.17) is 21.1 Å². The highest BCUT2D eigenvalue weighted by atomic mass is 35.5. The van der Waals surface area contributed by atoms with Crippen molar-refractivity contribution >= 4 is 39.2 Å². The van der Waals surface area contributed by atoms with Gasteiger partial charge in [0.2, 0.25) is 15.9 Å². The molecule has 3 rings (SSSR count). The molecule has 11 heteroatoms. The summed E-state index contributed by atoms with van der Waals surface area (Å²) in [5, 5.41) is 2.45. The van der Waals surface area contributed by atoms with Gasteiger partial charge in [0.1, 0.15) is 11.6 Å². The SMILES string of the molecule is COC(=O)c1cc(OC)ccc1NC(=O)C1CCN(S(=O)(=O)c2ccc(F)c(Cl)c2)CC1. The zero-order chi connectivity index (χ0) is 23.5. The predicted molar refractivity (Wildman–Crippen MR) is 116 cm³/mol. The second-order valence-corrected chi connectivity index (χ2v) is 9.49. The molecule has 0 aliphatic carbocycles. The molecule has 0 radical (unpaired) electrons. The Kier molecular flexibility index (Phi) is 7.37. The number of ether oxygens (including phenoxy) is 2. The molecule has 0 saturated carbocycles. The number of carbonyl (C=O) groups excluding carboxylic acids is 2. The lowest BCUT2D eigenvalue weighted by atomic mass is 9.97. The van der Waals surface area contributed by atoms with Gasteiger partial charge in [-0.2, -0.15) is 4.31 Å². The van der Waals surface area contributed by atoms with Crippen LogP contribution < -0.4 is 10.1 Å². The summed E-state index contributed by atoms with van der Waals surface area (Å²) in [5.41, 5.74) is 0.423. The van der Waals surface area contributed by atoms with E-state index in [2.05, 4.69) is 5.32 Å². The Bertz CT molecular complexity index is 1130. The monoisotopic (exact) mass is 484 g/mol. The van der Waals surface area contributed by atoms with Crippen molar-refractivity contribution in [3.8, 4) is 5.75 Å². The molecule has 1 heterocycles. The maximum atomic E-state index is 13.4. The summed E-state index contributed by atoms with van der Waals surface area (Å²) >= 11 is 5.71. The molecule has 1 aliphatic rings.